The second-order valence-corrected chi connectivity index (χ2v) is 5.10. The van der Waals surface area contributed by atoms with E-state index in [0.29, 0.717) is 0 Å². The number of nitrogens with zero attached hydrogens (tertiary/aromatic N) is 1. The average molecular weight is 251 g/mol. The first-order valence-electron chi connectivity index (χ1n) is 5.32. The van der Waals surface area contributed by atoms with Crippen molar-refractivity contribution in [1.29, 1.82) is 0 Å². The van der Waals surface area contributed by atoms with E-state index >= 15 is 0 Å². The van der Waals surface area contributed by atoms with Crippen molar-refractivity contribution in [3.05, 3.63) is 51.7 Å². The molecule has 2 rings (SSSR count). The zero-order valence-electron chi connectivity index (χ0n) is 9.48. The molecule has 17 heavy (non-hydrogen) atoms. The molecule has 3 nitrogen and oxygen atoms in total. The van der Waals surface area contributed by atoms with E-state index in [2.05, 4.69) is 10.4 Å². The number of aromatic nitrogens is 1. The molecule has 90 valence electrons. The van der Waals surface area contributed by atoms with Gasteiger partial charge in [-0.15, -0.1) is 11.3 Å². The highest BCUT2D eigenvalue weighted by molar-refractivity contribution is 7.11. The van der Waals surface area contributed by atoms with Gasteiger partial charge in [-0.1, -0.05) is 12.1 Å². The molecule has 0 spiro atoms. The van der Waals surface area contributed by atoms with Crippen LogP contribution in [-0.4, -0.2) is 4.98 Å². The van der Waals surface area contributed by atoms with Crippen molar-refractivity contribution >= 4 is 11.3 Å². The van der Waals surface area contributed by atoms with Gasteiger partial charge < -0.3 is 0 Å². The predicted octanol–water partition coefficient (Wildman–Crippen LogP) is 2.34. The standard InChI is InChI=1S/C12H14FN3S/c1-8-15-7-12(17-8)11(16-14)6-9-2-4-10(13)5-3-9/h2-5,7,11,16H,6,14H2,1H3. The molecule has 0 aliphatic carbocycles. The molecule has 1 aromatic carbocycles. The van der Waals surface area contributed by atoms with E-state index in [-0.39, 0.29) is 11.9 Å². The van der Waals surface area contributed by atoms with Gasteiger partial charge in [0.2, 0.25) is 0 Å². The molecule has 1 heterocycles. The summed E-state index contributed by atoms with van der Waals surface area (Å²) in [6, 6.07) is 6.48. The lowest BCUT2D eigenvalue weighted by Gasteiger charge is -2.13. The number of halogens is 1. The number of benzene rings is 1. The summed E-state index contributed by atoms with van der Waals surface area (Å²) in [4.78, 5) is 5.30. The Balaban J connectivity index is 2.12. The molecule has 0 saturated carbocycles. The van der Waals surface area contributed by atoms with Crippen LogP contribution in [-0.2, 0) is 6.42 Å². The van der Waals surface area contributed by atoms with E-state index in [4.69, 9.17) is 5.84 Å². The summed E-state index contributed by atoms with van der Waals surface area (Å²) >= 11 is 1.62. The molecule has 0 aliphatic heterocycles. The van der Waals surface area contributed by atoms with Gasteiger partial charge in [0.15, 0.2) is 0 Å². The van der Waals surface area contributed by atoms with Gasteiger partial charge in [-0.25, -0.2) is 9.37 Å². The molecule has 0 bridgehead atoms. The fourth-order valence-electron chi connectivity index (χ4n) is 1.64. The lowest BCUT2D eigenvalue weighted by atomic mass is 10.1. The third kappa shape index (κ3) is 3.09. The number of hydrogen-bond donors (Lipinski definition) is 2. The summed E-state index contributed by atoms with van der Waals surface area (Å²) in [5.74, 6) is 5.32. The Morgan fingerprint density at radius 2 is 2.12 bits per heavy atom. The topological polar surface area (TPSA) is 50.9 Å². The maximum absolute atomic E-state index is 12.8. The summed E-state index contributed by atoms with van der Waals surface area (Å²) in [6.45, 7) is 1.96. The number of aryl methyl sites for hydroxylation is 1. The highest BCUT2D eigenvalue weighted by Crippen LogP contribution is 2.23. The van der Waals surface area contributed by atoms with Crippen molar-refractivity contribution < 1.29 is 4.39 Å². The molecule has 1 aromatic heterocycles. The van der Waals surface area contributed by atoms with Crippen molar-refractivity contribution in [3.8, 4) is 0 Å². The third-order valence-corrected chi connectivity index (χ3v) is 3.56. The highest BCUT2D eigenvalue weighted by atomic mass is 32.1. The van der Waals surface area contributed by atoms with Crippen molar-refractivity contribution in [3.63, 3.8) is 0 Å². The Morgan fingerprint density at radius 1 is 1.41 bits per heavy atom. The van der Waals surface area contributed by atoms with Crippen LogP contribution in [0.4, 0.5) is 4.39 Å². The van der Waals surface area contributed by atoms with Crippen molar-refractivity contribution in [1.82, 2.24) is 10.4 Å². The second-order valence-electron chi connectivity index (χ2n) is 3.83. The molecule has 3 N–H and O–H groups in total. The summed E-state index contributed by atoms with van der Waals surface area (Å²) in [5.41, 5.74) is 3.81. The Hall–Kier alpha value is -1.30. The van der Waals surface area contributed by atoms with Crippen LogP contribution in [0.25, 0.3) is 0 Å². The fraction of sp³-hybridized carbons (Fsp3) is 0.250. The van der Waals surface area contributed by atoms with E-state index in [0.717, 1.165) is 21.9 Å². The smallest absolute Gasteiger partial charge is 0.123 e. The number of hydrogen-bond acceptors (Lipinski definition) is 4. The van der Waals surface area contributed by atoms with Crippen LogP contribution >= 0.6 is 11.3 Å². The SMILES string of the molecule is Cc1ncc(C(Cc2ccc(F)cc2)NN)s1. The Labute approximate surface area is 103 Å². The molecule has 2 aromatic rings. The average Bonchev–Trinajstić information content (AvgIpc) is 2.75. The second kappa shape index (κ2) is 5.35. The molecule has 1 unspecified atom stereocenters. The molecule has 5 heteroatoms. The predicted molar refractivity (Wildman–Crippen MR) is 67.0 cm³/mol. The maximum atomic E-state index is 12.8. The van der Waals surface area contributed by atoms with Gasteiger partial charge in [-0.2, -0.15) is 0 Å². The number of hydrazine groups is 1. The van der Waals surface area contributed by atoms with Gasteiger partial charge in [0.25, 0.3) is 0 Å². The Kier molecular flexibility index (Phi) is 3.83. The normalized spacial score (nSPS) is 12.6. The number of nitrogens with one attached hydrogen (secondary N) is 1. The zero-order valence-corrected chi connectivity index (χ0v) is 10.3. The van der Waals surface area contributed by atoms with Crippen LogP contribution in [0.5, 0.6) is 0 Å². The van der Waals surface area contributed by atoms with Crippen molar-refractivity contribution in [2.75, 3.05) is 0 Å². The molecule has 0 amide bonds. The highest BCUT2D eigenvalue weighted by Gasteiger charge is 2.13. The molecule has 0 radical (unpaired) electrons. The summed E-state index contributed by atoms with van der Waals surface area (Å²) in [7, 11) is 0. The third-order valence-electron chi connectivity index (χ3n) is 2.54. The summed E-state index contributed by atoms with van der Waals surface area (Å²) < 4.78 is 12.8. The fourth-order valence-corrected chi connectivity index (χ4v) is 2.48. The van der Waals surface area contributed by atoms with Crippen molar-refractivity contribution in [2.45, 2.75) is 19.4 Å². The number of rotatable bonds is 4. The molecule has 0 fully saturated rings. The minimum Gasteiger partial charge on any atom is -0.271 e. The van der Waals surface area contributed by atoms with Gasteiger partial charge in [-0.3, -0.25) is 11.3 Å². The Morgan fingerprint density at radius 3 is 2.65 bits per heavy atom. The number of nitrogens with two attached hydrogens (primary N) is 1. The first kappa shape index (κ1) is 12.2. The molecular weight excluding hydrogens is 237 g/mol. The number of thiazole rings is 1. The molecule has 1 atom stereocenters. The summed E-state index contributed by atoms with van der Waals surface area (Å²) in [6.07, 6.45) is 2.55. The van der Waals surface area contributed by atoms with Gasteiger partial charge in [0, 0.05) is 11.1 Å². The van der Waals surface area contributed by atoms with E-state index in [1.54, 1.807) is 23.5 Å². The van der Waals surface area contributed by atoms with Gasteiger partial charge >= 0.3 is 0 Å². The van der Waals surface area contributed by atoms with Gasteiger partial charge in [0.1, 0.15) is 5.82 Å². The minimum absolute atomic E-state index is 0.0201. The van der Waals surface area contributed by atoms with Gasteiger partial charge in [0.05, 0.1) is 11.0 Å². The quantitative estimate of drug-likeness (QED) is 0.648. The van der Waals surface area contributed by atoms with Crippen LogP contribution in [0.15, 0.2) is 30.5 Å². The van der Waals surface area contributed by atoms with Crippen LogP contribution in [0.1, 0.15) is 21.5 Å². The van der Waals surface area contributed by atoms with Gasteiger partial charge in [-0.05, 0) is 31.0 Å². The van der Waals surface area contributed by atoms with Crippen LogP contribution in [0.3, 0.4) is 0 Å². The molecule has 0 saturated heterocycles. The molecular formula is C12H14FN3S. The largest absolute Gasteiger partial charge is 0.271 e. The minimum atomic E-state index is -0.223. The first-order valence-corrected chi connectivity index (χ1v) is 6.13. The molecule has 0 aliphatic rings. The zero-order chi connectivity index (χ0) is 12.3. The Bertz CT molecular complexity index is 481. The van der Waals surface area contributed by atoms with E-state index in [1.165, 1.54) is 12.1 Å². The lowest BCUT2D eigenvalue weighted by Crippen LogP contribution is -2.28. The van der Waals surface area contributed by atoms with Crippen LogP contribution < -0.4 is 11.3 Å². The summed E-state index contributed by atoms with van der Waals surface area (Å²) in [5, 5.41) is 1.01. The van der Waals surface area contributed by atoms with E-state index in [1.807, 2.05) is 13.1 Å². The lowest BCUT2D eigenvalue weighted by molar-refractivity contribution is 0.558. The monoisotopic (exact) mass is 251 g/mol. The van der Waals surface area contributed by atoms with Crippen LogP contribution in [0.2, 0.25) is 0 Å². The van der Waals surface area contributed by atoms with E-state index < -0.39 is 0 Å². The van der Waals surface area contributed by atoms with E-state index in [9.17, 15) is 4.39 Å². The maximum Gasteiger partial charge on any atom is 0.123 e. The van der Waals surface area contributed by atoms with Crippen molar-refractivity contribution in [2.24, 2.45) is 5.84 Å². The first-order chi connectivity index (χ1) is 8.19. The van der Waals surface area contributed by atoms with Crippen LogP contribution in [0, 0.1) is 12.7 Å².